The van der Waals surface area contributed by atoms with Gasteiger partial charge in [0.2, 0.25) is 0 Å². The summed E-state index contributed by atoms with van der Waals surface area (Å²) in [6.45, 7) is 16.0. The molecule has 0 aromatic heterocycles. The van der Waals surface area contributed by atoms with Crippen molar-refractivity contribution >= 4 is 22.9 Å². The molecule has 0 saturated heterocycles. The van der Waals surface area contributed by atoms with Crippen molar-refractivity contribution in [3.05, 3.63) is 101 Å². The van der Waals surface area contributed by atoms with Crippen LogP contribution in [0.1, 0.15) is 280 Å². The molecular formula is C78H98O4. The van der Waals surface area contributed by atoms with E-state index in [0.29, 0.717) is 49.4 Å². The summed E-state index contributed by atoms with van der Waals surface area (Å²) in [5, 5.41) is 3.22. The number of ether oxygens (including phenoxy) is 4. The molecule has 5 rings (SSSR count). The normalized spacial score (nSPS) is 11.2. The minimum atomic E-state index is 0.620. The third-order valence-corrected chi connectivity index (χ3v) is 15.2. The van der Waals surface area contributed by atoms with Gasteiger partial charge in [-0.25, -0.2) is 0 Å². The van der Waals surface area contributed by atoms with Gasteiger partial charge in [0.05, 0.1) is 26.4 Å². The maximum absolute atomic E-state index is 6.50. The van der Waals surface area contributed by atoms with E-state index in [1.165, 1.54) is 103 Å². The van der Waals surface area contributed by atoms with Gasteiger partial charge in [-0.15, -0.1) is 0 Å². The fraction of sp³-hybridized carbons (Fsp3) is 0.564. The lowest BCUT2D eigenvalue weighted by molar-refractivity contribution is 0.258. The van der Waals surface area contributed by atoms with Gasteiger partial charge in [-0.1, -0.05) is 255 Å². The molecule has 0 bridgehead atoms. The first-order valence-electron chi connectivity index (χ1n) is 32.7. The molecule has 0 heterocycles. The molecule has 82 heavy (non-hydrogen) atoms. The van der Waals surface area contributed by atoms with Crippen molar-refractivity contribution in [3.63, 3.8) is 0 Å². The molecule has 4 heteroatoms. The smallest absolute Gasteiger partial charge is 0.162 e. The highest BCUT2D eigenvalue weighted by Crippen LogP contribution is 2.32. The Morgan fingerprint density at radius 3 is 0.878 bits per heavy atom. The quantitative estimate of drug-likeness (QED) is 0.0252. The van der Waals surface area contributed by atoms with E-state index in [1.54, 1.807) is 0 Å². The Kier molecular flexibility index (Phi) is 34.0. The first kappa shape index (κ1) is 66.1. The molecule has 0 fully saturated rings. The Morgan fingerprint density at radius 2 is 0.549 bits per heavy atom. The lowest BCUT2D eigenvalue weighted by atomic mass is 9.87. The molecular weight excluding hydrogens is 1000 g/mol. The van der Waals surface area contributed by atoms with Gasteiger partial charge in [0.1, 0.15) is 0 Å². The second-order valence-electron chi connectivity index (χ2n) is 22.2. The fourth-order valence-electron chi connectivity index (χ4n) is 10.4. The van der Waals surface area contributed by atoms with Crippen LogP contribution in [-0.4, -0.2) is 26.4 Å². The average molecular weight is 1100 g/mol. The molecule has 0 radical (unpaired) electrons. The first-order chi connectivity index (χ1) is 40.6. The van der Waals surface area contributed by atoms with Crippen LogP contribution in [0.5, 0.6) is 23.0 Å². The zero-order chi connectivity index (χ0) is 57.9. The molecule has 434 valence electrons. The van der Waals surface area contributed by atoms with Crippen LogP contribution in [0, 0.1) is 47.4 Å². The maximum atomic E-state index is 6.50. The second-order valence-corrected chi connectivity index (χ2v) is 22.2. The molecule has 2 aliphatic carbocycles. The van der Waals surface area contributed by atoms with Crippen molar-refractivity contribution in [2.24, 2.45) is 0 Å². The van der Waals surface area contributed by atoms with E-state index in [1.807, 2.05) is 24.3 Å². The lowest BCUT2D eigenvalue weighted by Gasteiger charge is -2.15. The van der Waals surface area contributed by atoms with Gasteiger partial charge in [-0.3, -0.25) is 0 Å². The third kappa shape index (κ3) is 24.4. The van der Waals surface area contributed by atoms with Crippen LogP contribution in [0.15, 0.2) is 47.2 Å². The molecule has 0 atom stereocenters. The van der Waals surface area contributed by atoms with Crippen LogP contribution < -0.4 is 39.8 Å². The fourth-order valence-corrected chi connectivity index (χ4v) is 10.4. The molecule has 0 aliphatic heterocycles. The minimum absolute atomic E-state index is 0.620. The maximum Gasteiger partial charge on any atom is 0.162 e. The van der Waals surface area contributed by atoms with Crippen LogP contribution in [0.2, 0.25) is 0 Å². The largest absolute Gasteiger partial charge is 0.490 e. The molecule has 0 saturated carbocycles. The van der Waals surface area contributed by atoms with Crippen LogP contribution >= 0.6 is 0 Å². The average Bonchev–Trinajstić information content (AvgIpc) is 3.66. The first-order valence-corrected chi connectivity index (χ1v) is 32.7. The SMILES string of the molecule is CCCCCCCCOc1cc2c(cc1OCCCCCCCC)C#CC#Cc1c(c(CCCCCC)c3c(c1CCCCCC)=C=C=C=C=c1cc(OCCCCCCCC)c(OCCCCCCCC)cc1=C=C=C=C=3)C#CC#C2. The van der Waals surface area contributed by atoms with Gasteiger partial charge in [0, 0.05) is 67.4 Å². The van der Waals surface area contributed by atoms with Crippen LogP contribution in [0.4, 0.5) is 0 Å². The van der Waals surface area contributed by atoms with E-state index in [0.717, 1.165) is 170 Å². The number of hydrogen-bond donors (Lipinski definition) is 0. The summed E-state index contributed by atoms with van der Waals surface area (Å²) in [6, 6.07) is 7.99. The Labute approximate surface area is 497 Å². The van der Waals surface area contributed by atoms with Crippen molar-refractivity contribution in [1.29, 1.82) is 0 Å². The second kappa shape index (κ2) is 42.2. The number of rotatable bonds is 42. The molecule has 2 aliphatic rings. The zero-order valence-corrected chi connectivity index (χ0v) is 51.8. The number of unbranched alkanes of at least 4 members (excludes halogenated alkanes) is 26. The minimum Gasteiger partial charge on any atom is -0.490 e. The highest BCUT2D eigenvalue weighted by atomic mass is 16.5. The summed E-state index contributed by atoms with van der Waals surface area (Å²) >= 11 is 0. The van der Waals surface area contributed by atoms with Crippen molar-refractivity contribution in [3.8, 4) is 70.4 Å². The summed E-state index contributed by atoms with van der Waals surface area (Å²) in [5.74, 6) is 29.9. The molecule has 0 spiro atoms. The molecule has 0 amide bonds. The van der Waals surface area contributed by atoms with E-state index in [4.69, 9.17) is 18.9 Å². The molecule has 3 aromatic rings. The summed E-state index contributed by atoms with van der Waals surface area (Å²) in [6.07, 6.45) is 38.7. The van der Waals surface area contributed by atoms with E-state index >= 15 is 0 Å². The Morgan fingerprint density at radius 1 is 0.280 bits per heavy atom. The molecule has 0 N–H and O–H groups in total. The van der Waals surface area contributed by atoms with Crippen molar-refractivity contribution in [2.45, 2.75) is 260 Å². The predicted octanol–water partition coefficient (Wildman–Crippen LogP) is 17.0. The zero-order valence-electron chi connectivity index (χ0n) is 51.8. The van der Waals surface area contributed by atoms with Crippen molar-refractivity contribution in [2.75, 3.05) is 26.4 Å². The van der Waals surface area contributed by atoms with Crippen LogP contribution in [-0.2, 0) is 12.8 Å². The summed E-state index contributed by atoms with van der Waals surface area (Å²) < 4.78 is 26.0. The van der Waals surface area contributed by atoms with Gasteiger partial charge >= 0.3 is 0 Å². The molecule has 4 nitrogen and oxygen atoms in total. The van der Waals surface area contributed by atoms with Crippen molar-refractivity contribution < 1.29 is 18.9 Å². The Hall–Kier alpha value is -6.66. The Balaban J connectivity index is 1.72. The molecule has 0 unspecified atom stereocenters. The van der Waals surface area contributed by atoms with Crippen molar-refractivity contribution in [1.82, 2.24) is 0 Å². The Bertz CT molecular complexity index is 3040. The van der Waals surface area contributed by atoms with Gasteiger partial charge < -0.3 is 18.9 Å². The van der Waals surface area contributed by atoms with Gasteiger partial charge in [0.15, 0.2) is 23.0 Å². The van der Waals surface area contributed by atoms with Gasteiger partial charge in [-0.05, 0) is 109 Å². The van der Waals surface area contributed by atoms with Gasteiger partial charge in [0.25, 0.3) is 0 Å². The van der Waals surface area contributed by atoms with E-state index < -0.39 is 0 Å². The van der Waals surface area contributed by atoms with Crippen LogP contribution in [0.3, 0.4) is 0 Å². The summed E-state index contributed by atoms with van der Waals surface area (Å²) in [5.41, 5.74) is 32.4. The third-order valence-electron chi connectivity index (χ3n) is 15.2. The number of fused-ring (bicyclic) bond motifs is 4. The molecule has 3 aromatic carbocycles. The highest BCUT2D eigenvalue weighted by molar-refractivity contribution is 5.65. The van der Waals surface area contributed by atoms with Gasteiger partial charge in [-0.2, -0.15) is 0 Å². The summed E-state index contributed by atoms with van der Waals surface area (Å²) in [4.78, 5) is 0. The van der Waals surface area contributed by atoms with E-state index in [9.17, 15) is 0 Å². The highest BCUT2D eigenvalue weighted by Gasteiger charge is 2.17. The topological polar surface area (TPSA) is 36.9 Å². The van der Waals surface area contributed by atoms with Crippen LogP contribution in [0.25, 0.3) is 22.9 Å². The number of benzene rings is 3. The predicted molar refractivity (Wildman–Crippen MR) is 344 cm³/mol. The summed E-state index contributed by atoms with van der Waals surface area (Å²) in [7, 11) is 0. The monoisotopic (exact) mass is 1100 g/mol. The number of hydrogen-bond acceptors (Lipinski definition) is 4. The standard InChI is InChI=1S/C78H98O4/c1-7-13-19-25-29-43-57-79-75-61-65-47-35-39-53-71-69(51-33-23-17-11-5)73-55-41-37-49-67-63-77(81-59-45-31-27-21-15-9-3)78(82-60-46-32-28-22-16-10-4)64-68(67)50-38-42-56-74(73)70(52-34-24-18-12-6)72(71)54-40-36-48-66(65)62-76(75)80-58-44-30-26-20-14-8-2/h61-64H,7-34,43-46,51-52,57-60H2,1-6H3. The van der Waals surface area contributed by atoms with E-state index in [2.05, 4.69) is 135 Å². The van der Waals surface area contributed by atoms with E-state index in [-0.39, 0.29) is 0 Å². The lowest BCUT2D eigenvalue weighted by Crippen LogP contribution is -2.34.